The van der Waals surface area contributed by atoms with Gasteiger partial charge in [0.25, 0.3) is 0 Å². The highest BCUT2D eigenvalue weighted by Gasteiger charge is 2.01. The van der Waals surface area contributed by atoms with Crippen molar-refractivity contribution >= 4 is 17.4 Å². The van der Waals surface area contributed by atoms with E-state index in [2.05, 4.69) is 28.5 Å². The summed E-state index contributed by atoms with van der Waals surface area (Å²) < 4.78 is 0. The van der Waals surface area contributed by atoms with Crippen LogP contribution in [0.15, 0.2) is 42.6 Å². The van der Waals surface area contributed by atoms with Crippen LogP contribution in [0.2, 0.25) is 0 Å². The van der Waals surface area contributed by atoms with Crippen molar-refractivity contribution in [2.75, 3.05) is 5.32 Å². The SMILES string of the molecule is Cc1cc(CCl)cnc1NCc1ccccc1. The van der Waals surface area contributed by atoms with E-state index in [9.17, 15) is 0 Å². The molecule has 0 radical (unpaired) electrons. The van der Waals surface area contributed by atoms with Gasteiger partial charge in [0.15, 0.2) is 0 Å². The number of aryl methyl sites for hydroxylation is 1. The Morgan fingerprint density at radius 3 is 2.59 bits per heavy atom. The van der Waals surface area contributed by atoms with E-state index in [-0.39, 0.29) is 0 Å². The third-order valence-electron chi connectivity index (χ3n) is 2.59. The van der Waals surface area contributed by atoms with E-state index < -0.39 is 0 Å². The molecule has 0 bridgehead atoms. The summed E-state index contributed by atoms with van der Waals surface area (Å²) in [5.74, 6) is 1.43. The van der Waals surface area contributed by atoms with Crippen molar-refractivity contribution in [1.29, 1.82) is 0 Å². The largest absolute Gasteiger partial charge is 0.366 e. The Kier molecular flexibility index (Phi) is 3.99. The highest BCUT2D eigenvalue weighted by atomic mass is 35.5. The maximum atomic E-state index is 5.76. The lowest BCUT2D eigenvalue weighted by Gasteiger charge is -2.09. The molecule has 3 heteroatoms. The van der Waals surface area contributed by atoms with E-state index in [1.807, 2.05) is 31.3 Å². The lowest BCUT2D eigenvalue weighted by molar-refractivity contribution is 1.09. The van der Waals surface area contributed by atoms with E-state index in [1.54, 1.807) is 0 Å². The standard InChI is InChI=1S/C14H15ClN2/c1-11-7-13(8-15)10-17-14(11)16-9-12-5-3-2-4-6-12/h2-7,10H,8-9H2,1H3,(H,16,17). The number of halogens is 1. The van der Waals surface area contributed by atoms with Crippen LogP contribution in [0.3, 0.4) is 0 Å². The zero-order valence-electron chi connectivity index (χ0n) is 9.78. The third-order valence-corrected chi connectivity index (χ3v) is 2.90. The number of alkyl halides is 1. The molecule has 1 N–H and O–H groups in total. The predicted octanol–water partition coefficient (Wildman–Crippen LogP) is 3.74. The van der Waals surface area contributed by atoms with Crippen molar-refractivity contribution in [3.05, 3.63) is 59.3 Å². The highest BCUT2D eigenvalue weighted by Crippen LogP contribution is 2.15. The van der Waals surface area contributed by atoms with Gasteiger partial charge in [-0.05, 0) is 29.7 Å². The molecular formula is C14H15ClN2. The van der Waals surface area contributed by atoms with Crippen LogP contribution < -0.4 is 5.32 Å². The fraction of sp³-hybridized carbons (Fsp3) is 0.214. The summed E-state index contributed by atoms with van der Waals surface area (Å²) in [4.78, 5) is 4.37. The molecular weight excluding hydrogens is 232 g/mol. The molecule has 0 saturated carbocycles. The quantitative estimate of drug-likeness (QED) is 0.832. The second-order valence-corrected chi connectivity index (χ2v) is 4.25. The Bertz CT molecular complexity index is 483. The summed E-state index contributed by atoms with van der Waals surface area (Å²) in [5.41, 5.74) is 3.42. The zero-order valence-corrected chi connectivity index (χ0v) is 10.5. The minimum Gasteiger partial charge on any atom is -0.366 e. The summed E-state index contributed by atoms with van der Waals surface area (Å²) in [5, 5.41) is 3.33. The summed E-state index contributed by atoms with van der Waals surface area (Å²) in [6, 6.07) is 12.3. The lowest BCUT2D eigenvalue weighted by Crippen LogP contribution is -2.03. The molecule has 0 atom stereocenters. The average molecular weight is 247 g/mol. The van der Waals surface area contributed by atoms with Crippen LogP contribution in [0.1, 0.15) is 16.7 Å². The number of anilines is 1. The van der Waals surface area contributed by atoms with Gasteiger partial charge in [-0.3, -0.25) is 0 Å². The van der Waals surface area contributed by atoms with Crippen LogP contribution in [0, 0.1) is 6.92 Å². The second kappa shape index (κ2) is 5.69. The van der Waals surface area contributed by atoms with Gasteiger partial charge in [0.2, 0.25) is 0 Å². The van der Waals surface area contributed by atoms with Gasteiger partial charge in [0.1, 0.15) is 5.82 Å². The Morgan fingerprint density at radius 1 is 1.18 bits per heavy atom. The molecule has 1 heterocycles. The minimum atomic E-state index is 0.507. The lowest BCUT2D eigenvalue weighted by atomic mass is 10.2. The maximum Gasteiger partial charge on any atom is 0.129 e. The number of hydrogen-bond donors (Lipinski definition) is 1. The summed E-state index contributed by atoms with van der Waals surface area (Å²) in [7, 11) is 0. The van der Waals surface area contributed by atoms with Crippen LogP contribution in [-0.2, 0) is 12.4 Å². The number of rotatable bonds is 4. The first-order valence-electron chi connectivity index (χ1n) is 5.59. The van der Waals surface area contributed by atoms with Crippen LogP contribution in [0.4, 0.5) is 5.82 Å². The Morgan fingerprint density at radius 2 is 1.94 bits per heavy atom. The summed E-state index contributed by atoms with van der Waals surface area (Å²) >= 11 is 5.76. The van der Waals surface area contributed by atoms with Crippen LogP contribution >= 0.6 is 11.6 Å². The zero-order chi connectivity index (χ0) is 12.1. The molecule has 2 rings (SSSR count). The smallest absolute Gasteiger partial charge is 0.129 e. The molecule has 0 aliphatic rings. The van der Waals surface area contributed by atoms with Crippen molar-refractivity contribution < 1.29 is 0 Å². The van der Waals surface area contributed by atoms with Gasteiger partial charge >= 0.3 is 0 Å². The number of nitrogens with one attached hydrogen (secondary N) is 1. The van der Waals surface area contributed by atoms with Crippen molar-refractivity contribution in [2.24, 2.45) is 0 Å². The molecule has 2 nitrogen and oxygen atoms in total. The van der Waals surface area contributed by atoms with Crippen molar-refractivity contribution in [2.45, 2.75) is 19.3 Å². The van der Waals surface area contributed by atoms with Gasteiger partial charge in [-0.25, -0.2) is 4.98 Å². The van der Waals surface area contributed by atoms with Gasteiger partial charge < -0.3 is 5.32 Å². The van der Waals surface area contributed by atoms with Gasteiger partial charge in [-0.1, -0.05) is 30.3 Å². The Balaban J connectivity index is 2.04. The van der Waals surface area contributed by atoms with Gasteiger partial charge in [-0.2, -0.15) is 0 Å². The summed E-state index contributed by atoms with van der Waals surface area (Å²) in [6.07, 6.45) is 1.81. The fourth-order valence-corrected chi connectivity index (χ4v) is 1.82. The monoisotopic (exact) mass is 246 g/mol. The molecule has 0 aliphatic carbocycles. The van der Waals surface area contributed by atoms with E-state index in [4.69, 9.17) is 11.6 Å². The van der Waals surface area contributed by atoms with Crippen LogP contribution in [0.25, 0.3) is 0 Å². The number of aromatic nitrogens is 1. The Labute approximate surface area is 107 Å². The number of hydrogen-bond acceptors (Lipinski definition) is 2. The molecule has 1 aromatic heterocycles. The number of benzene rings is 1. The van der Waals surface area contributed by atoms with Crippen LogP contribution in [-0.4, -0.2) is 4.98 Å². The molecule has 0 unspecified atom stereocenters. The van der Waals surface area contributed by atoms with Gasteiger partial charge in [0.05, 0.1) is 0 Å². The first-order chi connectivity index (χ1) is 8.29. The predicted molar refractivity (Wildman–Crippen MR) is 72.3 cm³/mol. The normalized spacial score (nSPS) is 10.2. The number of pyridine rings is 1. The molecule has 0 aliphatic heterocycles. The fourth-order valence-electron chi connectivity index (χ4n) is 1.67. The van der Waals surface area contributed by atoms with E-state index in [0.717, 1.165) is 23.5 Å². The molecule has 1 aromatic carbocycles. The first-order valence-corrected chi connectivity index (χ1v) is 6.12. The molecule has 2 aromatic rings. The van der Waals surface area contributed by atoms with E-state index >= 15 is 0 Å². The first kappa shape index (κ1) is 11.9. The topological polar surface area (TPSA) is 24.9 Å². The molecule has 0 spiro atoms. The average Bonchev–Trinajstić information content (AvgIpc) is 2.38. The minimum absolute atomic E-state index is 0.507. The van der Waals surface area contributed by atoms with E-state index in [1.165, 1.54) is 5.56 Å². The molecule has 88 valence electrons. The molecule has 0 amide bonds. The summed E-state index contributed by atoms with van der Waals surface area (Å²) in [6.45, 7) is 2.82. The van der Waals surface area contributed by atoms with Gasteiger partial charge in [-0.15, -0.1) is 11.6 Å². The second-order valence-electron chi connectivity index (χ2n) is 3.98. The van der Waals surface area contributed by atoms with Crippen molar-refractivity contribution in [1.82, 2.24) is 4.98 Å². The van der Waals surface area contributed by atoms with Gasteiger partial charge in [0, 0.05) is 18.6 Å². The Hall–Kier alpha value is -1.54. The van der Waals surface area contributed by atoms with Crippen LogP contribution in [0.5, 0.6) is 0 Å². The molecule has 0 fully saturated rings. The van der Waals surface area contributed by atoms with Crippen molar-refractivity contribution in [3.8, 4) is 0 Å². The highest BCUT2D eigenvalue weighted by molar-refractivity contribution is 6.17. The third kappa shape index (κ3) is 3.21. The number of nitrogens with zero attached hydrogens (tertiary/aromatic N) is 1. The molecule has 0 saturated heterocycles. The van der Waals surface area contributed by atoms with E-state index in [0.29, 0.717) is 5.88 Å². The molecule has 17 heavy (non-hydrogen) atoms. The maximum absolute atomic E-state index is 5.76. The van der Waals surface area contributed by atoms with Crippen molar-refractivity contribution in [3.63, 3.8) is 0 Å².